The lowest BCUT2D eigenvalue weighted by atomic mass is 10.0. The average Bonchev–Trinajstić information content (AvgIpc) is 2.76. The number of unbranched alkanes of at least 4 members (excludes halogenated alkanes) is 1. The van der Waals surface area contributed by atoms with Crippen molar-refractivity contribution in [2.45, 2.75) is 26.2 Å². The van der Waals surface area contributed by atoms with E-state index < -0.39 is 15.6 Å². The Morgan fingerprint density at radius 3 is 2.09 bits per heavy atom. The van der Waals surface area contributed by atoms with E-state index in [9.17, 15) is 23.9 Å². The predicted octanol–water partition coefficient (Wildman–Crippen LogP) is 1.42. The highest BCUT2D eigenvalue weighted by atomic mass is 31.2. The van der Waals surface area contributed by atoms with Crippen molar-refractivity contribution >= 4 is 21.6 Å². The smallest absolute Gasteiger partial charge is 0.396 e. The number of carbonyl (C=O) groups excluding carboxylic acids is 1. The SMILES string of the molecule is COOP(=O)(OC)OCCOCCOCCOP(=O)(O)OCC(CO)CCCCNC(C)=O. The second-order valence-corrected chi connectivity index (χ2v) is 9.67. The first-order valence-corrected chi connectivity index (χ1v) is 13.3. The average molecular weight is 525 g/mol. The van der Waals surface area contributed by atoms with Gasteiger partial charge in [0.2, 0.25) is 5.91 Å². The molecule has 0 radical (unpaired) electrons. The number of carbonyl (C=O) groups is 1. The highest BCUT2D eigenvalue weighted by Gasteiger charge is 2.26. The van der Waals surface area contributed by atoms with E-state index in [4.69, 9.17) is 23.0 Å². The van der Waals surface area contributed by atoms with E-state index in [-0.39, 0.29) is 64.7 Å². The van der Waals surface area contributed by atoms with Crippen LogP contribution in [-0.2, 0) is 51.1 Å². The highest BCUT2D eigenvalue weighted by molar-refractivity contribution is 7.48. The minimum atomic E-state index is -4.27. The molecule has 3 N–H and O–H groups in total. The zero-order valence-corrected chi connectivity index (χ0v) is 21.1. The molecule has 0 spiro atoms. The molecule has 0 rings (SSSR count). The van der Waals surface area contributed by atoms with Gasteiger partial charge in [-0.2, -0.15) is 0 Å². The van der Waals surface area contributed by atoms with Crippen LogP contribution in [0.2, 0.25) is 0 Å². The van der Waals surface area contributed by atoms with Crippen LogP contribution >= 0.6 is 15.6 Å². The van der Waals surface area contributed by atoms with E-state index in [1.807, 2.05) is 0 Å². The molecule has 0 bridgehead atoms. The van der Waals surface area contributed by atoms with Gasteiger partial charge in [0.15, 0.2) is 0 Å². The molecule has 0 aliphatic heterocycles. The number of phosphoric ester groups is 2. The molecule has 3 atom stereocenters. The van der Waals surface area contributed by atoms with E-state index in [1.54, 1.807) is 0 Å². The number of hydrogen-bond donors (Lipinski definition) is 3. The number of hydrogen-bond acceptors (Lipinski definition) is 12. The molecule has 0 aliphatic rings. The molecule has 0 heterocycles. The number of aliphatic hydroxyl groups is 1. The predicted molar refractivity (Wildman–Crippen MR) is 115 cm³/mol. The van der Waals surface area contributed by atoms with E-state index in [1.165, 1.54) is 14.0 Å². The Bertz CT molecular complexity index is 595. The van der Waals surface area contributed by atoms with Crippen molar-refractivity contribution in [3.63, 3.8) is 0 Å². The Morgan fingerprint density at radius 1 is 0.939 bits per heavy atom. The van der Waals surface area contributed by atoms with Gasteiger partial charge < -0.3 is 24.8 Å². The van der Waals surface area contributed by atoms with Gasteiger partial charge in [-0.3, -0.25) is 22.9 Å². The van der Waals surface area contributed by atoms with Crippen LogP contribution in [0, 0.1) is 5.92 Å². The fourth-order valence-corrected chi connectivity index (χ4v) is 3.69. The van der Waals surface area contributed by atoms with Gasteiger partial charge in [0.1, 0.15) is 0 Å². The van der Waals surface area contributed by atoms with Gasteiger partial charge in [-0.05, 0) is 12.8 Å². The Balaban J connectivity index is 3.75. The molecule has 198 valence electrons. The standard InChI is InChI=1S/C17H37NO13P2/c1-16(20)18-7-5-4-6-17(14-19)15-30-32(21,22)28-12-10-26-8-9-27-11-13-29-33(23,25-3)31-24-2/h17,19H,4-15H2,1-3H3,(H,18,20)(H,21,22). The number of nitrogens with one attached hydrogen (secondary N) is 1. The van der Waals surface area contributed by atoms with Gasteiger partial charge in [0.05, 0.1) is 53.4 Å². The van der Waals surface area contributed by atoms with Crippen molar-refractivity contribution in [3.05, 3.63) is 0 Å². The molecular formula is C17H37NO13P2. The summed E-state index contributed by atoms with van der Waals surface area (Å²) in [6.45, 7) is 1.90. The van der Waals surface area contributed by atoms with Crippen LogP contribution in [0.4, 0.5) is 0 Å². The maximum absolute atomic E-state index is 11.9. The molecule has 0 aromatic rings. The lowest BCUT2D eigenvalue weighted by Gasteiger charge is -2.17. The van der Waals surface area contributed by atoms with Crippen molar-refractivity contribution in [2.24, 2.45) is 5.92 Å². The van der Waals surface area contributed by atoms with Crippen LogP contribution in [0.5, 0.6) is 0 Å². The lowest BCUT2D eigenvalue weighted by molar-refractivity contribution is -0.200. The zero-order valence-electron chi connectivity index (χ0n) is 19.3. The van der Waals surface area contributed by atoms with Gasteiger partial charge in [-0.1, -0.05) is 6.42 Å². The molecule has 0 aromatic heterocycles. The first-order chi connectivity index (χ1) is 15.7. The summed E-state index contributed by atoms with van der Waals surface area (Å²) in [5, 5.41) is 12.0. The molecule has 0 fully saturated rings. The monoisotopic (exact) mass is 525 g/mol. The Labute approximate surface area is 194 Å². The van der Waals surface area contributed by atoms with Gasteiger partial charge in [0, 0.05) is 33.1 Å². The molecule has 14 nitrogen and oxygen atoms in total. The topological polar surface area (TPSA) is 178 Å². The Hall–Kier alpha value is -0.470. The summed E-state index contributed by atoms with van der Waals surface area (Å²) in [5.41, 5.74) is 0. The normalized spacial score (nSPS) is 16.2. The zero-order chi connectivity index (χ0) is 25.0. The number of amides is 1. The molecule has 1 amide bonds. The van der Waals surface area contributed by atoms with Crippen molar-refractivity contribution < 1.29 is 61.1 Å². The van der Waals surface area contributed by atoms with E-state index in [0.717, 1.165) is 20.0 Å². The van der Waals surface area contributed by atoms with Crippen LogP contribution in [0.25, 0.3) is 0 Å². The van der Waals surface area contributed by atoms with Crippen molar-refractivity contribution in [1.82, 2.24) is 5.32 Å². The summed E-state index contributed by atoms with van der Waals surface area (Å²) >= 11 is 0. The molecular weight excluding hydrogens is 488 g/mol. The largest absolute Gasteiger partial charge is 0.501 e. The van der Waals surface area contributed by atoms with E-state index in [0.29, 0.717) is 13.0 Å². The van der Waals surface area contributed by atoms with Crippen LogP contribution < -0.4 is 5.32 Å². The fourth-order valence-electron chi connectivity index (χ4n) is 2.22. The maximum Gasteiger partial charge on any atom is 0.501 e. The van der Waals surface area contributed by atoms with Crippen molar-refractivity contribution in [2.75, 3.05) is 73.6 Å². The molecule has 3 unspecified atom stereocenters. The third-order valence-corrected chi connectivity index (χ3v) is 6.13. The van der Waals surface area contributed by atoms with E-state index in [2.05, 4.69) is 19.4 Å². The van der Waals surface area contributed by atoms with Crippen LogP contribution in [-0.4, -0.2) is 89.5 Å². The lowest BCUT2D eigenvalue weighted by Crippen LogP contribution is -2.21. The van der Waals surface area contributed by atoms with Crippen LogP contribution in [0.3, 0.4) is 0 Å². The number of rotatable bonds is 23. The Kier molecular flexibility index (Phi) is 19.5. The summed E-state index contributed by atoms with van der Waals surface area (Å²) in [6, 6.07) is 0. The minimum Gasteiger partial charge on any atom is -0.396 e. The van der Waals surface area contributed by atoms with Gasteiger partial charge >= 0.3 is 15.6 Å². The third kappa shape index (κ3) is 19.5. The fraction of sp³-hybridized carbons (Fsp3) is 0.941. The van der Waals surface area contributed by atoms with Crippen molar-refractivity contribution in [3.8, 4) is 0 Å². The third-order valence-electron chi connectivity index (χ3n) is 3.87. The summed E-state index contributed by atoms with van der Waals surface area (Å²) in [5.74, 6) is -0.423. The summed E-state index contributed by atoms with van der Waals surface area (Å²) < 4.78 is 57.5. The quantitative estimate of drug-likeness (QED) is 0.0756. The highest BCUT2D eigenvalue weighted by Crippen LogP contribution is 2.48. The molecule has 0 saturated heterocycles. The van der Waals surface area contributed by atoms with Crippen LogP contribution in [0.15, 0.2) is 0 Å². The van der Waals surface area contributed by atoms with Gasteiger partial charge in [-0.15, -0.1) is 4.67 Å². The molecule has 0 saturated carbocycles. The molecule has 0 aromatic carbocycles. The molecule has 16 heteroatoms. The molecule has 33 heavy (non-hydrogen) atoms. The summed E-state index contributed by atoms with van der Waals surface area (Å²) in [7, 11) is -5.71. The number of aliphatic hydroxyl groups excluding tert-OH is 1. The maximum atomic E-state index is 11.9. The van der Waals surface area contributed by atoms with Crippen molar-refractivity contribution in [1.29, 1.82) is 0 Å². The number of ether oxygens (including phenoxy) is 2. The number of phosphoric acid groups is 2. The van der Waals surface area contributed by atoms with Gasteiger partial charge in [0.25, 0.3) is 0 Å². The second-order valence-electron chi connectivity index (χ2n) is 6.55. The Morgan fingerprint density at radius 2 is 1.55 bits per heavy atom. The first kappa shape index (κ1) is 32.5. The molecule has 0 aliphatic carbocycles. The van der Waals surface area contributed by atoms with Gasteiger partial charge in [-0.25, -0.2) is 14.0 Å². The first-order valence-electron chi connectivity index (χ1n) is 10.3. The second kappa shape index (κ2) is 19.8. The minimum absolute atomic E-state index is 0.0287. The summed E-state index contributed by atoms with van der Waals surface area (Å²) in [6.07, 6.45) is 2.03. The summed E-state index contributed by atoms with van der Waals surface area (Å²) in [4.78, 5) is 24.7. The van der Waals surface area contributed by atoms with Crippen LogP contribution in [0.1, 0.15) is 26.2 Å². The van der Waals surface area contributed by atoms with E-state index >= 15 is 0 Å².